The number of ether oxygens (including phenoxy) is 3. The summed E-state index contributed by atoms with van der Waals surface area (Å²) in [7, 11) is 1.34. The molecule has 26 heavy (non-hydrogen) atoms. The van der Waals surface area contributed by atoms with E-state index in [1.54, 1.807) is 0 Å². The highest BCUT2D eigenvalue weighted by Gasteiger charge is 2.46. The van der Waals surface area contributed by atoms with Crippen molar-refractivity contribution >= 4 is 11.8 Å². The Balaban J connectivity index is 2.10. The van der Waals surface area contributed by atoms with Crippen LogP contribution in [0.25, 0.3) is 0 Å². The van der Waals surface area contributed by atoms with Gasteiger partial charge in [0, 0.05) is 25.3 Å². The number of aliphatic hydroxyl groups is 1. The summed E-state index contributed by atoms with van der Waals surface area (Å²) in [6.07, 6.45) is -2.67. The molecule has 0 aliphatic carbocycles. The Labute approximate surface area is 148 Å². The number of esters is 1. The first kappa shape index (κ1) is 20.0. The van der Waals surface area contributed by atoms with E-state index in [9.17, 15) is 24.3 Å². The quantitative estimate of drug-likeness (QED) is 0.585. The number of aromatic nitrogens is 2. The van der Waals surface area contributed by atoms with E-state index in [-0.39, 0.29) is 30.8 Å². The van der Waals surface area contributed by atoms with Crippen LogP contribution >= 0.6 is 0 Å². The van der Waals surface area contributed by atoms with Crippen molar-refractivity contribution in [3.63, 3.8) is 0 Å². The van der Waals surface area contributed by atoms with Crippen molar-refractivity contribution in [2.24, 2.45) is 0 Å². The van der Waals surface area contributed by atoms with Crippen molar-refractivity contribution in [1.82, 2.24) is 9.55 Å². The molecule has 4 atom stereocenters. The van der Waals surface area contributed by atoms with Gasteiger partial charge < -0.3 is 24.1 Å². The number of nitrogens with zero attached hydrogens (tertiary/aromatic N) is 1. The number of hydrogen-bond acceptors (Lipinski definition) is 8. The van der Waals surface area contributed by atoms with Crippen LogP contribution in [-0.4, -0.2) is 58.4 Å². The van der Waals surface area contributed by atoms with Gasteiger partial charge in [-0.1, -0.05) is 0 Å². The maximum Gasteiger partial charge on any atom is 0.330 e. The second-order valence-corrected chi connectivity index (χ2v) is 6.12. The molecule has 10 heteroatoms. The lowest BCUT2D eigenvalue weighted by atomic mass is 10.1. The third-order valence-electron chi connectivity index (χ3n) is 4.09. The van der Waals surface area contributed by atoms with Gasteiger partial charge in [-0.15, -0.1) is 0 Å². The Hall–Kier alpha value is -2.30. The largest absolute Gasteiger partial charge is 0.463 e. The zero-order valence-corrected chi connectivity index (χ0v) is 14.8. The van der Waals surface area contributed by atoms with E-state index >= 15 is 0 Å². The molecule has 1 fully saturated rings. The Morgan fingerprint density at radius 3 is 2.65 bits per heavy atom. The fourth-order valence-corrected chi connectivity index (χ4v) is 2.64. The monoisotopic (exact) mass is 370 g/mol. The van der Waals surface area contributed by atoms with Gasteiger partial charge in [-0.25, -0.2) is 4.79 Å². The Bertz CT molecular complexity index is 783. The lowest BCUT2D eigenvalue weighted by Gasteiger charge is -2.20. The first-order chi connectivity index (χ1) is 12.2. The number of ketones is 1. The van der Waals surface area contributed by atoms with Gasteiger partial charge in [0.1, 0.15) is 30.7 Å². The predicted molar refractivity (Wildman–Crippen MR) is 87.6 cm³/mol. The van der Waals surface area contributed by atoms with Gasteiger partial charge in [-0.3, -0.25) is 19.1 Å². The minimum atomic E-state index is -1.16. The lowest BCUT2D eigenvalue weighted by molar-refractivity contribution is -0.151. The number of aryl methyl sites for hydroxylation is 1. The van der Waals surface area contributed by atoms with Crippen LogP contribution in [0.1, 0.15) is 31.6 Å². The third-order valence-corrected chi connectivity index (χ3v) is 4.09. The molecular weight excluding hydrogens is 348 g/mol. The number of carbonyl (C=O) groups is 2. The number of aliphatic hydroxyl groups excluding tert-OH is 1. The third kappa shape index (κ3) is 4.45. The molecule has 1 aromatic rings. The van der Waals surface area contributed by atoms with Crippen molar-refractivity contribution in [3.05, 3.63) is 32.6 Å². The van der Waals surface area contributed by atoms with Crippen molar-refractivity contribution in [2.75, 3.05) is 13.7 Å². The Kier molecular flexibility index (Phi) is 6.46. The molecule has 10 nitrogen and oxygen atoms in total. The van der Waals surface area contributed by atoms with Gasteiger partial charge in [0.05, 0.1) is 6.42 Å². The number of H-pyrrole nitrogens is 1. The molecular formula is C16H22N2O8. The summed E-state index contributed by atoms with van der Waals surface area (Å²) in [5, 5.41) is 10.3. The zero-order chi connectivity index (χ0) is 19.4. The van der Waals surface area contributed by atoms with E-state index in [0.717, 1.165) is 4.57 Å². The van der Waals surface area contributed by atoms with E-state index in [1.165, 1.54) is 27.2 Å². The number of methoxy groups -OCH3 is 1. The maximum absolute atomic E-state index is 12.0. The summed E-state index contributed by atoms with van der Waals surface area (Å²) in [6, 6.07) is 0. The van der Waals surface area contributed by atoms with Crippen molar-refractivity contribution < 1.29 is 28.9 Å². The molecule has 0 bridgehead atoms. The summed E-state index contributed by atoms with van der Waals surface area (Å²) in [5.41, 5.74) is -0.940. The summed E-state index contributed by atoms with van der Waals surface area (Å²) >= 11 is 0. The molecule has 1 saturated heterocycles. The fourth-order valence-electron chi connectivity index (χ4n) is 2.64. The van der Waals surface area contributed by atoms with Crippen LogP contribution in [-0.2, 0) is 23.8 Å². The average molecular weight is 370 g/mol. The van der Waals surface area contributed by atoms with E-state index in [1.807, 2.05) is 0 Å². The standard InChI is InChI=1S/C16H22N2O8/c1-8-6-18(16(23)17-14(8)22)15-13(24-3)12(21)10(26-15)7-25-11(20)5-4-9(2)19/h6,10,12-13,15,21H,4-5,7H2,1-3H3,(H,17,22,23)/t10-,12-,13?,15-/m1/s1. The first-order valence-electron chi connectivity index (χ1n) is 8.08. The smallest absolute Gasteiger partial charge is 0.330 e. The van der Waals surface area contributed by atoms with Crippen molar-refractivity contribution in [3.8, 4) is 0 Å². The Morgan fingerprint density at radius 2 is 2.04 bits per heavy atom. The lowest BCUT2D eigenvalue weighted by Crippen LogP contribution is -2.39. The molecule has 2 heterocycles. The normalized spacial score (nSPS) is 25.2. The summed E-state index contributed by atoms with van der Waals surface area (Å²) < 4.78 is 17.0. The number of rotatable bonds is 7. The van der Waals surface area contributed by atoms with E-state index in [0.29, 0.717) is 0 Å². The number of nitrogens with one attached hydrogen (secondary N) is 1. The van der Waals surface area contributed by atoms with E-state index in [2.05, 4.69) is 4.98 Å². The molecule has 1 aromatic heterocycles. The van der Waals surface area contributed by atoms with E-state index in [4.69, 9.17) is 14.2 Å². The van der Waals surface area contributed by atoms with Crippen LogP contribution in [0.2, 0.25) is 0 Å². The summed E-state index contributed by atoms with van der Waals surface area (Å²) in [5.74, 6) is -0.725. The predicted octanol–water partition coefficient (Wildman–Crippen LogP) is -0.969. The van der Waals surface area contributed by atoms with Gasteiger partial charge in [-0.05, 0) is 13.8 Å². The topological polar surface area (TPSA) is 137 Å². The zero-order valence-electron chi connectivity index (χ0n) is 14.8. The molecule has 1 aliphatic rings. The molecule has 0 saturated carbocycles. The Morgan fingerprint density at radius 1 is 1.35 bits per heavy atom. The summed E-state index contributed by atoms with van der Waals surface area (Å²) in [4.78, 5) is 48.2. The van der Waals surface area contributed by atoms with Crippen LogP contribution in [0.5, 0.6) is 0 Å². The molecule has 2 rings (SSSR count). The number of carbonyl (C=O) groups excluding carboxylic acids is 2. The van der Waals surface area contributed by atoms with Gasteiger partial charge in [-0.2, -0.15) is 0 Å². The number of Topliss-reactive ketones (excluding diaryl/α,β-unsaturated/α-hetero) is 1. The first-order valence-corrected chi connectivity index (χ1v) is 8.08. The highest BCUT2D eigenvalue weighted by atomic mass is 16.6. The van der Waals surface area contributed by atoms with Gasteiger partial charge in [0.25, 0.3) is 5.56 Å². The molecule has 0 amide bonds. The number of aromatic amines is 1. The second-order valence-electron chi connectivity index (χ2n) is 6.12. The van der Waals surface area contributed by atoms with Crippen LogP contribution in [0.15, 0.2) is 15.8 Å². The highest BCUT2D eigenvalue weighted by molar-refractivity contribution is 5.80. The molecule has 1 unspecified atom stereocenters. The molecule has 0 radical (unpaired) electrons. The number of hydrogen-bond donors (Lipinski definition) is 2. The molecule has 0 spiro atoms. The van der Waals surface area contributed by atoms with Gasteiger partial charge >= 0.3 is 11.7 Å². The minimum Gasteiger partial charge on any atom is -0.463 e. The van der Waals surface area contributed by atoms with Crippen molar-refractivity contribution in [2.45, 2.75) is 51.2 Å². The van der Waals surface area contributed by atoms with E-state index < -0.39 is 41.8 Å². The summed E-state index contributed by atoms with van der Waals surface area (Å²) in [6.45, 7) is 2.64. The van der Waals surface area contributed by atoms with Gasteiger partial charge in [0.15, 0.2) is 6.23 Å². The van der Waals surface area contributed by atoms with Gasteiger partial charge in [0.2, 0.25) is 0 Å². The average Bonchev–Trinajstić information content (AvgIpc) is 2.90. The molecule has 0 aromatic carbocycles. The highest BCUT2D eigenvalue weighted by Crippen LogP contribution is 2.30. The van der Waals surface area contributed by atoms with Crippen LogP contribution in [0.4, 0.5) is 0 Å². The second kappa shape index (κ2) is 8.39. The van der Waals surface area contributed by atoms with Crippen LogP contribution in [0, 0.1) is 6.92 Å². The SMILES string of the molecule is COC1[C@H](n2cc(C)c(=O)[nH]c2=O)O[C@H](COC(=O)CCC(C)=O)[C@H]1O. The molecule has 144 valence electrons. The molecule has 1 aliphatic heterocycles. The maximum atomic E-state index is 12.0. The van der Waals surface area contributed by atoms with Crippen LogP contribution < -0.4 is 11.2 Å². The molecule has 2 N–H and O–H groups in total. The minimum absolute atomic E-state index is 0.0616. The van der Waals surface area contributed by atoms with Crippen molar-refractivity contribution in [1.29, 1.82) is 0 Å². The fraction of sp³-hybridized carbons (Fsp3) is 0.625. The van der Waals surface area contributed by atoms with Crippen LogP contribution in [0.3, 0.4) is 0 Å².